The van der Waals surface area contributed by atoms with Crippen LogP contribution in [0.25, 0.3) is 22.6 Å². The molecule has 9 heteroatoms. The molecule has 0 aliphatic rings. The molecule has 0 radical (unpaired) electrons. The molecule has 150 valence electrons. The van der Waals surface area contributed by atoms with E-state index in [-0.39, 0.29) is 16.3 Å². The zero-order valence-corrected chi connectivity index (χ0v) is 16.3. The van der Waals surface area contributed by atoms with Gasteiger partial charge in [0.25, 0.3) is 11.6 Å². The summed E-state index contributed by atoms with van der Waals surface area (Å²) >= 11 is 6.01. The van der Waals surface area contributed by atoms with Crippen LogP contribution in [0.2, 0.25) is 5.02 Å². The molecule has 0 unspecified atom stereocenters. The molecule has 1 N–H and O–H groups in total. The largest absolute Gasteiger partial charge is 0.497 e. The Morgan fingerprint density at radius 2 is 1.90 bits per heavy atom. The van der Waals surface area contributed by atoms with Crippen LogP contribution in [-0.4, -0.2) is 22.9 Å². The smallest absolute Gasteiger partial charge is 0.270 e. The summed E-state index contributed by atoms with van der Waals surface area (Å²) in [5.74, 6) is 0.559. The van der Waals surface area contributed by atoms with E-state index in [4.69, 9.17) is 20.8 Å². The highest BCUT2D eigenvalue weighted by Gasteiger charge is 2.16. The molecule has 8 nitrogen and oxygen atoms in total. The maximum Gasteiger partial charge on any atom is 0.270 e. The second-order valence-corrected chi connectivity index (χ2v) is 6.71. The average Bonchev–Trinajstić information content (AvgIpc) is 3.17. The number of halogens is 1. The molecule has 1 amide bonds. The number of aromatic nitrogens is 1. The summed E-state index contributed by atoms with van der Waals surface area (Å²) in [4.78, 5) is 27.3. The third-order valence-electron chi connectivity index (χ3n) is 4.39. The van der Waals surface area contributed by atoms with E-state index in [1.165, 1.54) is 12.1 Å². The fourth-order valence-corrected chi connectivity index (χ4v) is 3.06. The van der Waals surface area contributed by atoms with Gasteiger partial charge in [-0.2, -0.15) is 0 Å². The molecule has 0 bridgehead atoms. The van der Waals surface area contributed by atoms with Crippen LogP contribution >= 0.6 is 11.6 Å². The van der Waals surface area contributed by atoms with Gasteiger partial charge in [0, 0.05) is 29.4 Å². The van der Waals surface area contributed by atoms with Crippen molar-refractivity contribution < 1.29 is 18.9 Å². The van der Waals surface area contributed by atoms with Crippen molar-refractivity contribution >= 4 is 40.0 Å². The molecule has 0 saturated heterocycles. The molecule has 0 saturated carbocycles. The molecule has 0 spiro atoms. The van der Waals surface area contributed by atoms with E-state index >= 15 is 0 Å². The number of fused-ring (bicyclic) bond motifs is 1. The number of ether oxygens (including phenoxy) is 1. The molecular weight excluding hydrogens is 410 g/mol. The third kappa shape index (κ3) is 3.81. The number of benzene rings is 3. The van der Waals surface area contributed by atoms with Crippen LogP contribution in [0.15, 0.2) is 65.1 Å². The zero-order chi connectivity index (χ0) is 21.3. The number of oxazole rings is 1. The lowest BCUT2D eigenvalue weighted by Gasteiger charge is -2.07. The van der Waals surface area contributed by atoms with Crippen molar-refractivity contribution in [1.29, 1.82) is 0 Å². The minimum atomic E-state index is -0.585. The number of nitrogens with zero attached hydrogens (tertiary/aromatic N) is 2. The molecule has 0 aliphatic heterocycles. The standard InChI is InChI=1S/C21H14ClN3O5/c1-29-15-7-9-19-18(11-15)24-21(30-19)12-2-4-13(5-3-12)23-20(26)16-10-14(25(27)28)6-8-17(16)22/h2-11H,1H3,(H,23,26). The van der Waals surface area contributed by atoms with E-state index in [9.17, 15) is 14.9 Å². The molecule has 0 fully saturated rings. The van der Waals surface area contributed by atoms with E-state index in [1.54, 1.807) is 49.6 Å². The van der Waals surface area contributed by atoms with Crippen LogP contribution in [-0.2, 0) is 0 Å². The van der Waals surface area contributed by atoms with Gasteiger partial charge in [0.2, 0.25) is 5.89 Å². The predicted molar refractivity (Wildman–Crippen MR) is 112 cm³/mol. The molecule has 4 aromatic rings. The van der Waals surface area contributed by atoms with Gasteiger partial charge in [-0.1, -0.05) is 11.6 Å². The summed E-state index contributed by atoms with van der Waals surface area (Å²) in [5, 5.41) is 13.7. The van der Waals surface area contributed by atoms with E-state index in [1.807, 2.05) is 0 Å². The summed E-state index contributed by atoms with van der Waals surface area (Å²) in [7, 11) is 1.58. The lowest BCUT2D eigenvalue weighted by atomic mass is 10.1. The minimum absolute atomic E-state index is 0.0165. The lowest BCUT2D eigenvalue weighted by Crippen LogP contribution is -2.12. The Hall–Kier alpha value is -3.91. The summed E-state index contributed by atoms with van der Waals surface area (Å²) in [6.07, 6.45) is 0. The van der Waals surface area contributed by atoms with Crippen LogP contribution in [0.1, 0.15) is 10.4 Å². The van der Waals surface area contributed by atoms with Crippen molar-refractivity contribution in [3.8, 4) is 17.2 Å². The average molecular weight is 424 g/mol. The van der Waals surface area contributed by atoms with Gasteiger partial charge < -0.3 is 14.5 Å². The number of nitrogens with one attached hydrogen (secondary N) is 1. The van der Waals surface area contributed by atoms with E-state index in [0.717, 1.165) is 11.6 Å². The third-order valence-corrected chi connectivity index (χ3v) is 4.72. The lowest BCUT2D eigenvalue weighted by molar-refractivity contribution is -0.384. The summed E-state index contributed by atoms with van der Waals surface area (Å²) in [5.41, 5.74) is 2.31. The fourth-order valence-electron chi connectivity index (χ4n) is 2.85. The highest BCUT2D eigenvalue weighted by molar-refractivity contribution is 6.34. The number of nitro benzene ring substituents is 1. The first-order valence-corrected chi connectivity index (χ1v) is 9.13. The Kier molecular flexibility index (Phi) is 5.07. The summed E-state index contributed by atoms with van der Waals surface area (Å²) in [6, 6.07) is 15.9. The number of rotatable bonds is 5. The monoisotopic (exact) mass is 423 g/mol. The number of hydrogen-bond acceptors (Lipinski definition) is 6. The maximum absolute atomic E-state index is 12.5. The number of carbonyl (C=O) groups is 1. The van der Waals surface area contributed by atoms with Crippen molar-refractivity contribution in [2.45, 2.75) is 0 Å². The number of hydrogen-bond donors (Lipinski definition) is 1. The van der Waals surface area contributed by atoms with Gasteiger partial charge in [0.05, 0.1) is 22.6 Å². The second kappa shape index (κ2) is 7.84. The Morgan fingerprint density at radius 3 is 2.60 bits per heavy atom. The van der Waals surface area contributed by atoms with Crippen LogP contribution in [0.3, 0.4) is 0 Å². The Bertz CT molecular complexity index is 1270. The normalized spacial score (nSPS) is 10.7. The van der Waals surface area contributed by atoms with Crippen LogP contribution < -0.4 is 10.1 Å². The van der Waals surface area contributed by atoms with Crippen LogP contribution in [0.4, 0.5) is 11.4 Å². The molecule has 30 heavy (non-hydrogen) atoms. The van der Waals surface area contributed by atoms with Crippen molar-refractivity contribution in [2.75, 3.05) is 12.4 Å². The first kappa shape index (κ1) is 19.4. The number of anilines is 1. The van der Waals surface area contributed by atoms with Gasteiger partial charge in [-0.25, -0.2) is 4.98 Å². The Morgan fingerprint density at radius 1 is 1.13 bits per heavy atom. The van der Waals surface area contributed by atoms with Crippen LogP contribution in [0.5, 0.6) is 5.75 Å². The van der Waals surface area contributed by atoms with Crippen molar-refractivity contribution in [3.63, 3.8) is 0 Å². The van der Waals surface area contributed by atoms with E-state index in [2.05, 4.69) is 10.3 Å². The molecule has 1 aromatic heterocycles. The van der Waals surface area contributed by atoms with Gasteiger partial charge >= 0.3 is 0 Å². The first-order chi connectivity index (χ1) is 14.4. The van der Waals surface area contributed by atoms with Gasteiger partial charge in [0.1, 0.15) is 11.3 Å². The van der Waals surface area contributed by atoms with Gasteiger partial charge in [-0.05, 0) is 42.5 Å². The molecule has 1 heterocycles. The number of methoxy groups -OCH3 is 1. The van der Waals surface area contributed by atoms with Crippen molar-refractivity contribution in [2.24, 2.45) is 0 Å². The highest BCUT2D eigenvalue weighted by atomic mass is 35.5. The molecular formula is C21H14ClN3O5. The van der Waals surface area contributed by atoms with Gasteiger partial charge in [-0.15, -0.1) is 0 Å². The molecule has 0 atom stereocenters. The van der Waals surface area contributed by atoms with E-state index in [0.29, 0.717) is 28.4 Å². The number of non-ortho nitro benzene ring substituents is 1. The summed E-state index contributed by atoms with van der Waals surface area (Å²) < 4.78 is 10.9. The van der Waals surface area contributed by atoms with Crippen molar-refractivity contribution in [1.82, 2.24) is 4.98 Å². The quantitative estimate of drug-likeness (QED) is 0.344. The number of carbonyl (C=O) groups excluding carboxylic acids is 1. The SMILES string of the molecule is COc1ccc2oc(-c3ccc(NC(=O)c4cc([N+](=O)[O-])ccc4Cl)cc3)nc2c1. The van der Waals surface area contributed by atoms with Crippen LogP contribution in [0, 0.1) is 10.1 Å². The summed E-state index contributed by atoms with van der Waals surface area (Å²) in [6.45, 7) is 0. The number of nitro groups is 1. The first-order valence-electron chi connectivity index (χ1n) is 8.75. The van der Waals surface area contributed by atoms with Crippen molar-refractivity contribution in [3.05, 3.63) is 81.4 Å². The van der Waals surface area contributed by atoms with Gasteiger partial charge in [-0.3, -0.25) is 14.9 Å². The number of amides is 1. The topological polar surface area (TPSA) is 108 Å². The minimum Gasteiger partial charge on any atom is -0.497 e. The molecule has 3 aromatic carbocycles. The zero-order valence-electron chi connectivity index (χ0n) is 15.6. The Labute approximate surface area is 175 Å². The Balaban J connectivity index is 1.55. The second-order valence-electron chi connectivity index (χ2n) is 6.31. The van der Waals surface area contributed by atoms with E-state index < -0.39 is 10.8 Å². The molecule has 0 aliphatic carbocycles. The molecule has 4 rings (SSSR count). The fraction of sp³-hybridized carbons (Fsp3) is 0.0476. The highest BCUT2D eigenvalue weighted by Crippen LogP contribution is 2.28. The van der Waals surface area contributed by atoms with Gasteiger partial charge in [0.15, 0.2) is 5.58 Å². The maximum atomic E-state index is 12.5. The predicted octanol–water partition coefficient (Wildman–Crippen LogP) is 5.32.